The van der Waals surface area contributed by atoms with E-state index in [1.807, 2.05) is 13.1 Å². The molecule has 1 aliphatic heterocycles. The summed E-state index contributed by atoms with van der Waals surface area (Å²) in [6, 6.07) is 2.09. The first-order valence-corrected chi connectivity index (χ1v) is 8.43. The zero-order valence-electron chi connectivity index (χ0n) is 11.6. The van der Waals surface area contributed by atoms with Crippen LogP contribution in [0, 0.1) is 0 Å². The van der Waals surface area contributed by atoms with Crippen molar-refractivity contribution in [3.05, 3.63) is 22.1 Å². The molecule has 0 atom stereocenters. The monoisotopic (exact) mass is 369 g/mol. The summed E-state index contributed by atoms with van der Waals surface area (Å²) in [6.07, 6.45) is 2.45. The highest BCUT2D eigenvalue weighted by atomic mass is 79.9. The van der Waals surface area contributed by atoms with Crippen LogP contribution in [0.5, 0.6) is 0 Å². The van der Waals surface area contributed by atoms with E-state index in [-0.39, 0.29) is 5.54 Å². The van der Waals surface area contributed by atoms with Crippen molar-refractivity contribution >= 4 is 49.3 Å². The molecule has 1 saturated heterocycles. The minimum Gasteiger partial charge on any atom is -0.465 e. The molecule has 1 fully saturated rings. The van der Waals surface area contributed by atoms with Crippen LogP contribution in [0.3, 0.4) is 0 Å². The van der Waals surface area contributed by atoms with Gasteiger partial charge in [0.05, 0.1) is 9.17 Å². The molecule has 0 aromatic carbocycles. The smallest absolute Gasteiger partial charge is 0.405 e. The Hall–Kier alpha value is -1.34. The highest BCUT2D eigenvalue weighted by Gasteiger charge is 2.32. The number of nitrogens with zero attached hydrogens (tertiary/aromatic N) is 2. The Morgan fingerprint density at radius 1 is 1.52 bits per heavy atom. The molecule has 7 heteroatoms. The number of hydrogen-bond acceptors (Lipinski definition) is 4. The fourth-order valence-electron chi connectivity index (χ4n) is 2.76. The molecule has 0 unspecified atom stereocenters. The summed E-state index contributed by atoms with van der Waals surface area (Å²) in [5, 5.41) is 14.8. The van der Waals surface area contributed by atoms with Crippen LogP contribution in [0.15, 0.2) is 22.1 Å². The van der Waals surface area contributed by atoms with Gasteiger partial charge in [-0.3, -0.25) is 0 Å². The number of aromatic nitrogens is 1. The minimum absolute atomic E-state index is 0.342. The number of nitrogens with one attached hydrogen (secondary N) is 1. The van der Waals surface area contributed by atoms with E-state index in [1.165, 1.54) is 4.70 Å². The molecule has 112 valence electrons. The van der Waals surface area contributed by atoms with Crippen LogP contribution >= 0.6 is 27.3 Å². The van der Waals surface area contributed by atoms with Gasteiger partial charge in [-0.15, -0.1) is 11.3 Å². The lowest BCUT2D eigenvalue weighted by Crippen LogP contribution is -2.53. The lowest BCUT2D eigenvalue weighted by atomic mass is 9.89. The number of piperidine rings is 1. The van der Waals surface area contributed by atoms with Crippen LogP contribution in [-0.4, -0.2) is 34.8 Å². The summed E-state index contributed by atoms with van der Waals surface area (Å²) in [5.41, 5.74) is -0.342. The van der Waals surface area contributed by atoms with Crippen LogP contribution in [0.2, 0.25) is 0 Å². The number of carboxylic acid groups (broad SMARTS) is 1. The van der Waals surface area contributed by atoms with Gasteiger partial charge < -0.3 is 15.3 Å². The van der Waals surface area contributed by atoms with Gasteiger partial charge in [-0.05, 0) is 47.1 Å². The molecular formula is C14H16BrN3O2S. The number of fused-ring (bicyclic) bond motifs is 1. The fraction of sp³-hybridized carbons (Fsp3) is 0.429. The number of amides is 1. The molecule has 21 heavy (non-hydrogen) atoms. The highest BCUT2D eigenvalue weighted by Crippen LogP contribution is 2.36. The van der Waals surface area contributed by atoms with Crippen molar-refractivity contribution in [1.29, 1.82) is 0 Å². The normalized spacial score (nSPS) is 17.9. The molecule has 2 aromatic rings. The molecule has 1 amide bonds. The van der Waals surface area contributed by atoms with E-state index < -0.39 is 6.09 Å². The molecule has 0 radical (unpaired) electrons. The van der Waals surface area contributed by atoms with Crippen LogP contribution in [0.25, 0.3) is 10.1 Å². The van der Waals surface area contributed by atoms with E-state index in [1.54, 1.807) is 11.3 Å². The number of pyridine rings is 1. The van der Waals surface area contributed by atoms with Gasteiger partial charge in [-0.2, -0.15) is 0 Å². The molecule has 0 bridgehead atoms. The maximum absolute atomic E-state index is 10.9. The second-order valence-electron chi connectivity index (χ2n) is 5.57. The quantitative estimate of drug-likeness (QED) is 0.846. The molecule has 0 aliphatic carbocycles. The first kappa shape index (κ1) is 14.6. The van der Waals surface area contributed by atoms with Gasteiger partial charge in [0.15, 0.2) is 0 Å². The van der Waals surface area contributed by atoms with E-state index in [4.69, 9.17) is 5.11 Å². The van der Waals surface area contributed by atoms with Gasteiger partial charge in [0.2, 0.25) is 0 Å². The van der Waals surface area contributed by atoms with Crippen LogP contribution in [0.4, 0.5) is 10.6 Å². The predicted molar refractivity (Wildman–Crippen MR) is 88.3 cm³/mol. The van der Waals surface area contributed by atoms with Gasteiger partial charge in [-0.1, -0.05) is 0 Å². The summed E-state index contributed by atoms with van der Waals surface area (Å²) in [7, 11) is 0. The number of thiophene rings is 1. The van der Waals surface area contributed by atoms with Crippen molar-refractivity contribution in [1.82, 2.24) is 10.3 Å². The molecule has 5 nitrogen and oxygen atoms in total. The first-order valence-electron chi connectivity index (χ1n) is 6.76. The lowest BCUT2D eigenvalue weighted by Gasteiger charge is -2.39. The average molecular weight is 370 g/mol. The SMILES string of the molecule is CC1(NC(=O)O)CCN(c2ncc(Br)c3sccc23)CC1. The van der Waals surface area contributed by atoms with Crippen LogP contribution in [0.1, 0.15) is 19.8 Å². The van der Waals surface area contributed by atoms with Crippen molar-refractivity contribution < 1.29 is 9.90 Å². The summed E-state index contributed by atoms with van der Waals surface area (Å²) in [6.45, 7) is 3.57. The number of halogens is 1. The summed E-state index contributed by atoms with van der Waals surface area (Å²) < 4.78 is 2.22. The third-order valence-electron chi connectivity index (χ3n) is 4.00. The minimum atomic E-state index is -0.951. The van der Waals surface area contributed by atoms with E-state index in [2.05, 4.69) is 42.6 Å². The third kappa shape index (κ3) is 2.85. The van der Waals surface area contributed by atoms with Crippen molar-refractivity contribution in [2.24, 2.45) is 0 Å². The van der Waals surface area contributed by atoms with Gasteiger partial charge in [0.1, 0.15) is 5.82 Å². The average Bonchev–Trinajstić information content (AvgIpc) is 2.90. The van der Waals surface area contributed by atoms with E-state index >= 15 is 0 Å². The molecule has 2 N–H and O–H groups in total. The van der Waals surface area contributed by atoms with E-state index in [9.17, 15) is 4.79 Å². The third-order valence-corrected chi connectivity index (χ3v) is 5.81. The second kappa shape index (κ2) is 5.46. The number of rotatable bonds is 2. The van der Waals surface area contributed by atoms with E-state index in [0.29, 0.717) is 0 Å². The van der Waals surface area contributed by atoms with E-state index in [0.717, 1.165) is 41.6 Å². The Morgan fingerprint density at radius 2 is 2.24 bits per heavy atom. The molecule has 3 rings (SSSR count). The van der Waals surface area contributed by atoms with Crippen LogP contribution < -0.4 is 10.2 Å². The lowest BCUT2D eigenvalue weighted by molar-refractivity contribution is 0.173. The van der Waals surface area contributed by atoms with Gasteiger partial charge in [0.25, 0.3) is 0 Å². The summed E-state index contributed by atoms with van der Waals surface area (Å²) in [5.74, 6) is 0.992. The Kier molecular flexibility index (Phi) is 3.79. The van der Waals surface area contributed by atoms with Crippen molar-refractivity contribution in [3.63, 3.8) is 0 Å². The Balaban J connectivity index is 1.82. The summed E-state index contributed by atoms with van der Waals surface area (Å²) in [4.78, 5) is 17.7. The predicted octanol–water partition coefficient (Wildman–Crippen LogP) is 3.69. The molecule has 1 aliphatic rings. The molecule has 3 heterocycles. The Bertz CT molecular complexity index is 680. The Labute approximate surface area is 135 Å². The van der Waals surface area contributed by atoms with Gasteiger partial charge >= 0.3 is 6.09 Å². The number of anilines is 1. The zero-order chi connectivity index (χ0) is 15.0. The second-order valence-corrected chi connectivity index (χ2v) is 7.34. The topological polar surface area (TPSA) is 65.5 Å². The van der Waals surface area contributed by atoms with Crippen LogP contribution in [-0.2, 0) is 0 Å². The Morgan fingerprint density at radius 3 is 2.90 bits per heavy atom. The standard InChI is InChI=1S/C14H16BrN3O2S/c1-14(17-13(19)20)3-5-18(6-4-14)12-9-2-7-21-11(9)10(15)8-16-12/h2,7-8,17H,3-6H2,1H3,(H,19,20). The molecular weight excluding hydrogens is 354 g/mol. The van der Waals surface area contributed by atoms with Gasteiger partial charge in [-0.25, -0.2) is 9.78 Å². The maximum atomic E-state index is 10.9. The zero-order valence-corrected chi connectivity index (χ0v) is 14.0. The maximum Gasteiger partial charge on any atom is 0.405 e. The number of carbonyl (C=O) groups is 1. The fourth-order valence-corrected chi connectivity index (χ4v) is 4.15. The molecule has 0 spiro atoms. The largest absolute Gasteiger partial charge is 0.465 e. The number of hydrogen-bond donors (Lipinski definition) is 2. The van der Waals surface area contributed by atoms with Crippen molar-refractivity contribution in [2.75, 3.05) is 18.0 Å². The highest BCUT2D eigenvalue weighted by molar-refractivity contribution is 9.10. The first-order chi connectivity index (χ1) is 9.98. The van der Waals surface area contributed by atoms with Gasteiger partial charge in [0, 0.05) is 30.2 Å². The molecule has 2 aromatic heterocycles. The molecule has 0 saturated carbocycles. The summed E-state index contributed by atoms with van der Waals surface area (Å²) >= 11 is 5.23. The van der Waals surface area contributed by atoms with Crippen molar-refractivity contribution in [3.8, 4) is 0 Å². The van der Waals surface area contributed by atoms with Crippen molar-refractivity contribution in [2.45, 2.75) is 25.3 Å².